The number of carbonyl (C=O) groups excluding carboxylic acids is 2. The van der Waals surface area contributed by atoms with Crippen LogP contribution in [-0.4, -0.2) is 35.1 Å². The summed E-state index contributed by atoms with van der Waals surface area (Å²) < 4.78 is 0. The quantitative estimate of drug-likeness (QED) is 0.757. The van der Waals surface area contributed by atoms with Gasteiger partial charge >= 0.3 is 0 Å². The van der Waals surface area contributed by atoms with Crippen LogP contribution >= 0.6 is 0 Å². The highest BCUT2D eigenvalue weighted by Gasteiger charge is 2.14. The highest BCUT2D eigenvalue weighted by atomic mass is 16.2. The molecule has 19 heavy (non-hydrogen) atoms. The standard InChI is InChI=1S/C13H16N4O2/c1-3-14-11(18)7-15-13(19)12-9-6-8(2)4-5-10(9)16-17-12/h4-6H,3,7H2,1-2H3,(H,14,18)(H,15,19)(H,16,17). The summed E-state index contributed by atoms with van der Waals surface area (Å²) >= 11 is 0. The first-order valence-corrected chi connectivity index (χ1v) is 6.11. The Kier molecular flexibility index (Phi) is 3.79. The van der Waals surface area contributed by atoms with Gasteiger partial charge in [0.25, 0.3) is 5.91 Å². The molecule has 0 atom stereocenters. The molecule has 1 heterocycles. The summed E-state index contributed by atoms with van der Waals surface area (Å²) in [5.41, 5.74) is 2.16. The normalized spacial score (nSPS) is 10.4. The lowest BCUT2D eigenvalue weighted by atomic mass is 10.1. The molecule has 0 saturated carbocycles. The number of aromatic nitrogens is 2. The van der Waals surface area contributed by atoms with Crippen molar-refractivity contribution in [2.24, 2.45) is 0 Å². The zero-order chi connectivity index (χ0) is 13.8. The van der Waals surface area contributed by atoms with Gasteiger partial charge in [-0.15, -0.1) is 0 Å². The molecule has 0 spiro atoms. The molecule has 0 aliphatic rings. The van der Waals surface area contributed by atoms with E-state index in [2.05, 4.69) is 20.8 Å². The van der Waals surface area contributed by atoms with Crippen molar-refractivity contribution in [3.8, 4) is 0 Å². The van der Waals surface area contributed by atoms with Gasteiger partial charge in [-0.1, -0.05) is 11.6 Å². The minimum atomic E-state index is -0.358. The van der Waals surface area contributed by atoms with Crippen molar-refractivity contribution in [2.45, 2.75) is 13.8 Å². The zero-order valence-electron chi connectivity index (χ0n) is 10.9. The first-order chi connectivity index (χ1) is 9.11. The number of aryl methyl sites for hydroxylation is 1. The van der Waals surface area contributed by atoms with Gasteiger partial charge in [0.2, 0.25) is 5.91 Å². The molecular formula is C13H16N4O2. The first kappa shape index (κ1) is 13.1. The Bertz CT molecular complexity index is 618. The van der Waals surface area contributed by atoms with E-state index < -0.39 is 0 Å². The van der Waals surface area contributed by atoms with E-state index >= 15 is 0 Å². The number of carbonyl (C=O) groups is 2. The molecule has 2 rings (SSSR count). The summed E-state index contributed by atoms with van der Waals surface area (Å²) in [5.74, 6) is -0.574. The highest BCUT2D eigenvalue weighted by Crippen LogP contribution is 2.17. The Balaban J connectivity index is 2.13. The van der Waals surface area contributed by atoms with Gasteiger partial charge in [-0.05, 0) is 26.0 Å². The van der Waals surface area contributed by atoms with Gasteiger partial charge in [-0.2, -0.15) is 5.10 Å². The minimum Gasteiger partial charge on any atom is -0.355 e. The summed E-state index contributed by atoms with van der Waals surface area (Å²) in [6.45, 7) is 4.26. The van der Waals surface area contributed by atoms with E-state index in [1.807, 2.05) is 32.0 Å². The van der Waals surface area contributed by atoms with Crippen molar-refractivity contribution in [1.82, 2.24) is 20.8 Å². The minimum absolute atomic E-state index is 0.0488. The van der Waals surface area contributed by atoms with Gasteiger partial charge < -0.3 is 10.6 Å². The molecule has 3 N–H and O–H groups in total. The number of nitrogens with one attached hydrogen (secondary N) is 3. The van der Waals surface area contributed by atoms with Crippen LogP contribution in [0.5, 0.6) is 0 Å². The SMILES string of the molecule is CCNC(=O)CNC(=O)c1n[nH]c2ccc(C)cc12. The lowest BCUT2D eigenvalue weighted by Gasteiger charge is -2.03. The average molecular weight is 260 g/mol. The summed E-state index contributed by atoms with van der Waals surface area (Å²) in [6.07, 6.45) is 0. The molecule has 0 radical (unpaired) electrons. The molecule has 6 nitrogen and oxygen atoms in total. The third-order valence-electron chi connectivity index (χ3n) is 2.72. The number of fused-ring (bicyclic) bond motifs is 1. The number of H-pyrrole nitrogens is 1. The maximum Gasteiger partial charge on any atom is 0.272 e. The van der Waals surface area contributed by atoms with Crippen molar-refractivity contribution < 1.29 is 9.59 Å². The lowest BCUT2D eigenvalue weighted by molar-refractivity contribution is -0.120. The molecule has 0 bridgehead atoms. The van der Waals surface area contributed by atoms with E-state index in [9.17, 15) is 9.59 Å². The van der Waals surface area contributed by atoms with E-state index in [0.29, 0.717) is 12.2 Å². The lowest BCUT2D eigenvalue weighted by Crippen LogP contribution is -2.36. The molecule has 100 valence electrons. The van der Waals surface area contributed by atoms with E-state index in [1.165, 1.54) is 0 Å². The van der Waals surface area contributed by atoms with Gasteiger partial charge in [0.1, 0.15) is 0 Å². The number of benzene rings is 1. The largest absolute Gasteiger partial charge is 0.355 e. The summed E-state index contributed by atoms with van der Waals surface area (Å²) in [4.78, 5) is 23.2. The Morgan fingerprint density at radius 2 is 2.11 bits per heavy atom. The maximum atomic E-state index is 12.0. The van der Waals surface area contributed by atoms with Crippen molar-refractivity contribution in [1.29, 1.82) is 0 Å². The average Bonchev–Trinajstić information content (AvgIpc) is 2.79. The highest BCUT2D eigenvalue weighted by molar-refractivity contribution is 6.05. The number of rotatable bonds is 4. The molecule has 1 aromatic carbocycles. The molecule has 0 aliphatic heterocycles. The molecule has 0 fully saturated rings. The zero-order valence-corrected chi connectivity index (χ0v) is 10.9. The second-order valence-electron chi connectivity index (χ2n) is 4.26. The van der Waals surface area contributed by atoms with Gasteiger partial charge in [-0.25, -0.2) is 0 Å². The molecule has 2 aromatic rings. The second-order valence-corrected chi connectivity index (χ2v) is 4.26. The Labute approximate surface area is 110 Å². The fourth-order valence-electron chi connectivity index (χ4n) is 1.80. The predicted octanol–water partition coefficient (Wildman–Crippen LogP) is 0.737. The number of amides is 2. The Morgan fingerprint density at radius 3 is 2.84 bits per heavy atom. The van der Waals surface area contributed by atoms with E-state index in [1.54, 1.807) is 0 Å². The van der Waals surface area contributed by atoms with Crippen LogP contribution in [0.15, 0.2) is 18.2 Å². The summed E-state index contributed by atoms with van der Waals surface area (Å²) in [6, 6.07) is 5.70. The van der Waals surface area contributed by atoms with Gasteiger partial charge in [0.05, 0.1) is 12.1 Å². The van der Waals surface area contributed by atoms with Crippen LogP contribution in [0.25, 0.3) is 10.9 Å². The third-order valence-corrected chi connectivity index (χ3v) is 2.72. The van der Waals surface area contributed by atoms with Crippen LogP contribution in [0.2, 0.25) is 0 Å². The van der Waals surface area contributed by atoms with Crippen molar-refractivity contribution in [2.75, 3.05) is 13.1 Å². The van der Waals surface area contributed by atoms with Crippen molar-refractivity contribution in [3.63, 3.8) is 0 Å². The predicted molar refractivity (Wildman–Crippen MR) is 71.8 cm³/mol. The molecule has 6 heteroatoms. The third kappa shape index (κ3) is 2.90. The fourth-order valence-corrected chi connectivity index (χ4v) is 1.80. The molecule has 0 unspecified atom stereocenters. The fraction of sp³-hybridized carbons (Fsp3) is 0.308. The Hall–Kier alpha value is -2.37. The van der Waals surface area contributed by atoms with Gasteiger partial charge in [0, 0.05) is 11.9 Å². The van der Waals surface area contributed by atoms with E-state index in [4.69, 9.17) is 0 Å². The van der Waals surface area contributed by atoms with Crippen LogP contribution in [0, 0.1) is 6.92 Å². The first-order valence-electron chi connectivity index (χ1n) is 6.11. The number of hydrogen-bond acceptors (Lipinski definition) is 3. The van der Waals surface area contributed by atoms with Gasteiger partial charge in [0.15, 0.2) is 5.69 Å². The summed E-state index contributed by atoms with van der Waals surface area (Å²) in [5, 5.41) is 12.7. The number of nitrogens with zero attached hydrogens (tertiary/aromatic N) is 1. The van der Waals surface area contributed by atoms with Crippen LogP contribution in [0.3, 0.4) is 0 Å². The molecule has 2 amide bonds. The summed E-state index contributed by atoms with van der Waals surface area (Å²) in [7, 11) is 0. The van der Waals surface area contributed by atoms with Crippen LogP contribution in [0.4, 0.5) is 0 Å². The molecule has 1 aromatic heterocycles. The number of aromatic amines is 1. The monoisotopic (exact) mass is 260 g/mol. The number of hydrogen-bond donors (Lipinski definition) is 3. The van der Waals surface area contributed by atoms with Crippen LogP contribution < -0.4 is 10.6 Å². The topological polar surface area (TPSA) is 86.9 Å². The van der Waals surface area contributed by atoms with E-state index in [-0.39, 0.29) is 18.4 Å². The van der Waals surface area contributed by atoms with E-state index in [0.717, 1.165) is 16.5 Å². The van der Waals surface area contributed by atoms with Crippen LogP contribution in [-0.2, 0) is 4.79 Å². The smallest absolute Gasteiger partial charge is 0.272 e. The Morgan fingerprint density at radius 1 is 1.32 bits per heavy atom. The molecule has 0 saturated heterocycles. The van der Waals surface area contributed by atoms with Crippen LogP contribution in [0.1, 0.15) is 23.0 Å². The molecule has 0 aliphatic carbocycles. The maximum absolute atomic E-state index is 12.0. The molecular weight excluding hydrogens is 244 g/mol. The van der Waals surface area contributed by atoms with Crippen molar-refractivity contribution >= 4 is 22.7 Å². The second kappa shape index (κ2) is 5.51. The number of likely N-dealkylation sites (N-methyl/N-ethyl adjacent to an activating group) is 1. The van der Waals surface area contributed by atoms with Gasteiger partial charge in [-0.3, -0.25) is 14.7 Å². The van der Waals surface area contributed by atoms with Crippen molar-refractivity contribution in [3.05, 3.63) is 29.5 Å².